The summed E-state index contributed by atoms with van der Waals surface area (Å²) < 4.78 is 10.5. The highest BCUT2D eigenvalue weighted by Crippen LogP contribution is 2.18. The Morgan fingerprint density at radius 2 is 1.84 bits per heavy atom. The number of carbonyl (C=O) groups excluding carboxylic acids is 1. The van der Waals surface area contributed by atoms with Gasteiger partial charge in [0.05, 0.1) is 23.8 Å². The van der Waals surface area contributed by atoms with Gasteiger partial charge in [-0.05, 0) is 37.3 Å². The second-order valence-corrected chi connectivity index (χ2v) is 4.99. The summed E-state index contributed by atoms with van der Waals surface area (Å²) in [6.45, 7) is 1.57. The minimum Gasteiger partial charge on any atom is -0.497 e. The van der Waals surface area contributed by atoms with Crippen LogP contribution in [0.15, 0.2) is 53.6 Å². The molecule has 0 radical (unpaired) electrons. The molecule has 0 saturated carbocycles. The maximum Gasteiger partial charge on any atom is 0.280 e. The first-order chi connectivity index (χ1) is 12.0. The van der Waals surface area contributed by atoms with Gasteiger partial charge in [-0.1, -0.05) is 12.1 Å². The standard InChI is InChI=1S/C17H17N3O5/c1-12(25-15-9-7-14(24-2)8-10-15)17(21)19-18-11-13-5-3-4-6-16(13)20(22)23/h3-12H,1-2H3,(H,19,21)/b18-11+. The first kappa shape index (κ1) is 17.9. The zero-order valence-electron chi connectivity index (χ0n) is 13.7. The molecule has 0 aliphatic heterocycles. The first-order valence-electron chi connectivity index (χ1n) is 7.38. The molecule has 2 rings (SSSR count). The van der Waals surface area contributed by atoms with Crippen LogP contribution in [-0.2, 0) is 4.79 Å². The van der Waals surface area contributed by atoms with Crippen LogP contribution in [0, 0.1) is 10.1 Å². The van der Waals surface area contributed by atoms with Crippen LogP contribution in [0.4, 0.5) is 5.69 Å². The first-order valence-corrected chi connectivity index (χ1v) is 7.38. The fraction of sp³-hybridized carbons (Fsp3) is 0.176. The smallest absolute Gasteiger partial charge is 0.280 e. The van der Waals surface area contributed by atoms with E-state index < -0.39 is 16.9 Å². The third-order valence-corrected chi connectivity index (χ3v) is 3.25. The van der Waals surface area contributed by atoms with E-state index in [9.17, 15) is 14.9 Å². The van der Waals surface area contributed by atoms with E-state index in [4.69, 9.17) is 9.47 Å². The zero-order chi connectivity index (χ0) is 18.2. The quantitative estimate of drug-likeness (QED) is 0.473. The number of amides is 1. The van der Waals surface area contributed by atoms with Gasteiger partial charge in [-0.3, -0.25) is 14.9 Å². The van der Waals surface area contributed by atoms with Crippen LogP contribution in [0.2, 0.25) is 0 Å². The maximum atomic E-state index is 12.0. The molecule has 1 unspecified atom stereocenters. The average molecular weight is 343 g/mol. The number of ether oxygens (including phenoxy) is 2. The second-order valence-electron chi connectivity index (χ2n) is 4.99. The van der Waals surface area contributed by atoms with Crippen molar-refractivity contribution < 1.29 is 19.2 Å². The maximum absolute atomic E-state index is 12.0. The Kier molecular flexibility index (Phi) is 6.05. The Hall–Kier alpha value is -3.42. The third-order valence-electron chi connectivity index (χ3n) is 3.25. The molecule has 0 bridgehead atoms. The summed E-state index contributed by atoms with van der Waals surface area (Å²) in [6.07, 6.45) is 0.423. The van der Waals surface area contributed by atoms with Crippen molar-refractivity contribution in [1.82, 2.24) is 5.43 Å². The normalized spacial score (nSPS) is 11.8. The number of hydrogen-bond donors (Lipinski definition) is 1. The summed E-state index contributed by atoms with van der Waals surface area (Å²) in [5.41, 5.74) is 2.49. The molecule has 0 saturated heterocycles. The number of benzene rings is 2. The van der Waals surface area contributed by atoms with Crippen LogP contribution in [0.5, 0.6) is 11.5 Å². The van der Waals surface area contributed by atoms with Gasteiger partial charge in [0, 0.05) is 6.07 Å². The monoisotopic (exact) mass is 343 g/mol. The van der Waals surface area contributed by atoms with E-state index in [1.807, 2.05) is 0 Å². The van der Waals surface area contributed by atoms with Crippen molar-refractivity contribution in [3.63, 3.8) is 0 Å². The minimum absolute atomic E-state index is 0.0944. The lowest BCUT2D eigenvalue weighted by Crippen LogP contribution is -2.33. The van der Waals surface area contributed by atoms with Crippen molar-refractivity contribution >= 4 is 17.8 Å². The van der Waals surface area contributed by atoms with Crippen LogP contribution in [0.25, 0.3) is 0 Å². The second kappa shape index (κ2) is 8.44. The van der Waals surface area contributed by atoms with E-state index in [1.54, 1.807) is 50.4 Å². The van der Waals surface area contributed by atoms with Gasteiger partial charge in [-0.2, -0.15) is 5.10 Å². The van der Waals surface area contributed by atoms with E-state index in [0.29, 0.717) is 11.5 Å². The molecular formula is C17H17N3O5. The number of hydrazone groups is 1. The summed E-state index contributed by atoms with van der Waals surface area (Å²) in [5.74, 6) is 0.704. The van der Waals surface area contributed by atoms with Gasteiger partial charge in [0.2, 0.25) is 0 Å². The van der Waals surface area contributed by atoms with Gasteiger partial charge >= 0.3 is 0 Å². The van der Waals surface area contributed by atoms with Crippen LogP contribution >= 0.6 is 0 Å². The molecule has 0 fully saturated rings. The highest BCUT2D eigenvalue weighted by Gasteiger charge is 2.14. The van der Waals surface area contributed by atoms with E-state index in [2.05, 4.69) is 10.5 Å². The number of nitro benzene ring substituents is 1. The minimum atomic E-state index is -0.795. The van der Waals surface area contributed by atoms with Crippen molar-refractivity contribution in [3.05, 3.63) is 64.2 Å². The van der Waals surface area contributed by atoms with E-state index >= 15 is 0 Å². The van der Waals surface area contributed by atoms with Gasteiger partial charge < -0.3 is 9.47 Å². The molecule has 0 aliphatic carbocycles. The number of para-hydroxylation sites is 1. The lowest BCUT2D eigenvalue weighted by molar-refractivity contribution is -0.385. The summed E-state index contributed by atoms with van der Waals surface area (Å²) in [5, 5.41) is 14.6. The Bertz CT molecular complexity index is 774. The highest BCUT2D eigenvalue weighted by molar-refractivity contribution is 5.87. The Labute approximate surface area is 144 Å². The number of nitro groups is 1. The average Bonchev–Trinajstić information content (AvgIpc) is 2.62. The highest BCUT2D eigenvalue weighted by atomic mass is 16.6. The summed E-state index contributed by atoms with van der Waals surface area (Å²) in [4.78, 5) is 22.4. The Morgan fingerprint density at radius 3 is 2.48 bits per heavy atom. The van der Waals surface area contributed by atoms with Crippen LogP contribution in [0.1, 0.15) is 12.5 Å². The van der Waals surface area contributed by atoms with E-state index in [1.165, 1.54) is 18.3 Å². The van der Waals surface area contributed by atoms with Crippen molar-refractivity contribution in [3.8, 4) is 11.5 Å². The van der Waals surface area contributed by atoms with Gasteiger partial charge in [-0.15, -0.1) is 0 Å². The SMILES string of the molecule is COc1ccc(OC(C)C(=O)N/N=C/c2ccccc2[N+](=O)[O-])cc1. The molecule has 130 valence electrons. The number of carbonyl (C=O) groups is 1. The molecule has 8 heteroatoms. The van der Waals surface area contributed by atoms with Crippen LogP contribution < -0.4 is 14.9 Å². The molecule has 1 N–H and O–H groups in total. The van der Waals surface area contributed by atoms with Gasteiger partial charge in [0.25, 0.3) is 11.6 Å². The van der Waals surface area contributed by atoms with Gasteiger partial charge in [0.1, 0.15) is 11.5 Å². The number of rotatable bonds is 7. The van der Waals surface area contributed by atoms with Crippen molar-refractivity contribution in [2.24, 2.45) is 5.10 Å². The largest absolute Gasteiger partial charge is 0.497 e. The van der Waals surface area contributed by atoms with Gasteiger partial charge in [-0.25, -0.2) is 5.43 Å². The van der Waals surface area contributed by atoms with Crippen LogP contribution in [-0.4, -0.2) is 30.3 Å². The zero-order valence-corrected chi connectivity index (χ0v) is 13.7. The molecule has 1 atom stereocenters. The summed E-state index contributed by atoms with van der Waals surface area (Å²) in [6, 6.07) is 12.9. The predicted octanol–water partition coefficient (Wildman–Crippen LogP) is 2.52. The number of nitrogens with zero attached hydrogens (tertiary/aromatic N) is 2. The number of hydrogen-bond acceptors (Lipinski definition) is 6. The molecule has 0 spiro atoms. The molecule has 25 heavy (non-hydrogen) atoms. The van der Waals surface area contributed by atoms with E-state index in [-0.39, 0.29) is 11.3 Å². The fourth-order valence-electron chi connectivity index (χ4n) is 1.93. The molecular weight excluding hydrogens is 326 g/mol. The van der Waals surface area contributed by atoms with E-state index in [0.717, 1.165) is 0 Å². The molecule has 2 aromatic rings. The van der Waals surface area contributed by atoms with Crippen molar-refractivity contribution in [2.45, 2.75) is 13.0 Å². The summed E-state index contributed by atoms with van der Waals surface area (Å²) >= 11 is 0. The Morgan fingerprint density at radius 1 is 1.20 bits per heavy atom. The van der Waals surface area contributed by atoms with Gasteiger partial charge in [0.15, 0.2) is 6.10 Å². The Balaban J connectivity index is 1.94. The molecule has 2 aromatic carbocycles. The third kappa shape index (κ3) is 5.03. The molecule has 0 aromatic heterocycles. The molecule has 0 heterocycles. The molecule has 8 nitrogen and oxygen atoms in total. The van der Waals surface area contributed by atoms with Crippen molar-refractivity contribution in [1.29, 1.82) is 0 Å². The molecule has 0 aliphatic rings. The summed E-state index contributed by atoms with van der Waals surface area (Å²) in [7, 11) is 1.56. The lowest BCUT2D eigenvalue weighted by Gasteiger charge is -2.13. The topological polar surface area (TPSA) is 103 Å². The molecule has 1 amide bonds. The lowest BCUT2D eigenvalue weighted by atomic mass is 10.2. The number of nitrogens with one attached hydrogen (secondary N) is 1. The van der Waals surface area contributed by atoms with Crippen molar-refractivity contribution in [2.75, 3.05) is 7.11 Å². The number of methoxy groups -OCH3 is 1. The fourth-order valence-corrected chi connectivity index (χ4v) is 1.93. The van der Waals surface area contributed by atoms with Crippen LogP contribution in [0.3, 0.4) is 0 Å². The predicted molar refractivity (Wildman–Crippen MR) is 91.9 cm³/mol.